The Kier molecular flexibility index (Phi) is 4.05. The molecule has 4 rings (SSSR count). The van der Waals surface area contributed by atoms with Crippen LogP contribution in [0.5, 0.6) is 5.75 Å². The van der Waals surface area contributed by atoms with Crippen molar-refractivity contribution in [3.63, 3.8) is 0 Å². The number of ether oxygens (including phenoxy) is 1. The Labute approximate surface area is 150 Å². The first-order chi connectivity index (χ1) is 12.7. The Morgan fingerprint density at radius 3 is 2.69 bits per heavy atom. The van der Waals surface area contributed by atoms with Crippen LogP contribution >= 0.6 is 0 Å². The number of nitrogens with one attached hydrogen (secondary N) is 1. The summed E-state index contributed by atoms with van der Waals surface area (Å²) in [7, 11) is 1.65. The van der Waals surface area contributed by atoms with E-state index in [9.17, 15) is 4.79 Å². The number of aromatic nitrogens is 2. The number of amides is 1. The largest absolute Gasteiger partial charge is 0.497 e. The predicted molar refractivity (Wildman–Crippen MR) is 102 cm³/mol. The van der Waals surface area contributed by atoms with E-state index in [1.807, 2.05) is 54.6 Å². The number of carbonyl (C=O) groups is 1. The smallest absolute Gasteiger partial charge is 0.218 e. The third-order valence-corrected chi connectivity index (χ3v) is 4.69. The maximum atomic E-state index is 11.7. The second-order valence-electron chi connectivity index (χ2n) is 6.29. The van der Waals surface area contributed by atoms with E-state index in [0.29, 0.717) is 0 Å². The molecular formula is C21H19N3O2. The Hall–Kier alpha value is -3.34. The first-order valence-corrected chi connectivity index (χ1v) is 8.45. The molecule has 26 heavy (non-hydrogen) atoms. The fourth-order valence-electron chi connectivity index (χ4n) is 3.48. The fourth-order valence-corrected chi connectivity index (χ4v) is 3.48. The molecule has 4 aromatic rings. The first-order valence-electron chi connectivity index (χ1n) is 8.45. The second kappa shape index (κ2) is 6.52. The van der Waals surface area contributed by atoms with Gasteiger partial charge in [-0.1, -0.05) is 30.3 Å². The summed E-state index contributed by atoms with van der Waals surface area (Å²) in [6, 6.07) is 17.8. The van der Waals surface area contributed by atoms with Gasteiger partial charge in [-0.15, -0.1) is 0 Å². The summed E-state index contributed by atoms with van der Waals surface area (Å²) < 4.78 is 5.32. The fraction of sp³-hybridized carbons (Fsp3) is 0.143. The first kappa shape index (κ1) is 16.1. The van der Waals surface area contributed by atoms with Crippen LogP contribution in [0.1, 0.15) is 23.6 Å². The van der Waals surface area contributed by atoms with Gasteiger partial charge in [0.15, 0.2) is 0 Å². The van der Waals surface area contributed by atoms with Gasteiger partial charge in [0.2, 0.25) is 5.91 Å². The molecule has 0 radical (unpaired) electrons. The number of primary amides is 1. The highest BCUT2D eigenvalue weighted by atomic mass is 16.5. The minimum absolute atomic E-state index is 0.202. The van der Waals surface area contributed by atoms with Crippen molar-refractivity contribution >= 4 is 27.7 Å². The lowest BCUT2D eigenvalue weighted by atomic mass is 9.90. The quantitative estimate of drug-likeness (QED) is 0.578. The molecule has 1 atom stereocenters. The zero-order chi connectivity index (χ0) is 18.1. The maximum Gasteiger partial charge on any atom is 0.218 e. The summed E-state index contributed by atoms with van der Waals surface area (Å²) in [6.45, 7) is 0. The third kappa shape index (κ3) is 2.77. The van der Waals surface area contributed by atoms with Gasteiger partial charge in [0.25, 0.3) is 0 Å². The number of hydrogen-bond acceptors (Lipinski definition) is 3. The van der Waals surface area contributed by atoms with Crippen molar-refractivity contribution in [1.29, 1.82) is 0 Å². The molecule has 5 nitrogen and oxygen atoms in total. The highest BCUT2D eigenvalue weighted by Gasteiger charge is 2.22. The molecule has 0 aliphatic rings. The Bertz CT molecular complexity index is 1090. The molecule has 2 aromatic carbocycles. The van der Waals surface area contributed by atoms with Crippen molar-refractivity contribution in [2.45, 2.75) is 12.3 Å². The summed E-state index contributed by atoms with van der Waals surface area (Å²) in [5, 5.41) is 2.16. The predicted octanol–water partition coefficient (Wildman–Crippen LogP) is 3.73. The number of H-pyrrole nitrogens is 1. The monoisotopic (exact) mass is 345 g/mol. The topological polar surface area (TPSA) is 81.0 Å². The van der Waals surface area contributed by atoms with E-state index >= 15 is 0 Å². The zero-order valence-corrected chi connectivity index (χ0v) is 14.4. The molecule has 1 amide bonds. The number of benzene rings is 2. The van der Waals surface area contributed by atoms with E-state index in [-0.39, 0.29) is 18.2 Å². The maximum absolute atomic E-state index is 11.7. The van der Waals surface area contributed by atoms with Crippen LogP contribution in [0.2, 0.25) is 0 Å². The average Bonchev–Trinajstić information content (AvgIpc) is 3.04. The van der Waals surface area contributed by atoms with Crippen LogP contribution in [0, 0.1) is 0 Å². The highest BCUT2D eigenvalue weighted by Crippen LogP contribution is 2.35. The average molecular weight is 345 g/mol. The molecule has 3 N–H and O–H groups in total. The van der Waals surface area contributed by atoms with Crippen LogP contribution in [0.25, 0.3) is 21.8 Å². The van der Waals surface area contributed by atoms with Gasteiger partial charge < -0.3 is 15.5 Å². The lowest BCUT2D eigenvalue weighted by molar-refractivity contribution is -0.118. The van der Waals surface area contributed by atoms with Crippen molar-refractivity contribution in [2.75, 3.05) is 7.11 Å². The zero-order valence-electron chi connectivity index (χ0n) is 14.4. The molecule has 0 bridgehead atoms. The SMILES string of the molecule is COc1ccc2c(c1)[nH]c1c(C(CC(N)=O)c3ccccc3)nccc12. The summed E-state index contributed by atoms with van der Waals surface area (Å²) in [5.74, 6) is 0.234. The molecule has 130 valence electrons. The molecule has 2 aromatic heterocycles. The van der Waals surface area contributed by atoms with Crippen LogP contribution in [0.15, 0.2) is 60.8 Å². The van der Waals surface area contributed by atoms with Crippen LogP contribution in [0.3, 0.4) is 0 Å². The normalized spacial score (nSPS) is 12.3. The summed E-state index contributed by atoms with van der Waals surface area (Å²) in [5.41, 5.74) is 9.26. The molecule has 0 fully saturated rings. The molecule has 0 aliphatic heterocycles. The summed E-state index contributed by atoms with van der Waals surface area (Å²) in [4.78, 5) is 19.8. The number of rotatable bonds is 5. The number of pyridine rings is 1. The van der Waals surface area contributed by atoms with E-state index in [0.717, 1.165) is 38.8 Å². The van der Waals surface area contributed by atoms with Crippen molar-refractivity contribution in [1.82, 2.24) is 9.97 Å². The van der Waals surface area contributed by atoms with Crippen LogP contribution in [0.4, 0.5) is 0 Å². The van der Waals surface area contributed by atoms with E-state index in [4.69, 9.17) is 10.5 Å². The summed E-state index contributed by atoms with van der Waals surface area (Å²) >= 11 is 0. The van der Waals surface area contributed by atoms with Gasteiger partial charge in [-0.25, -0.2) is 0 Å². The van der Waals surface area contributed by atoms with E-state index in [1.165, 1.54) is 0 Å². The minimum Gasteiger partial charge on any atom is -0.497 e. The second-order valence-corrected chi connectivity index (χ2v) is 6.29. The Balaban J connectivity index is 1.95. The van der Waals surface area contributed by atoms with E-state index in [1.54, 1.807) is 13.3 Å². The standard InChI is InChI=1S/C21H19N3O2/c1-26-14-7-8-15-16-9-10-23-20(21(16)24-18(15)11-14)17(12-19(22)25)13-5-3-2-4-6-13/h2-11,17,24H,12H2,1H3,(H2,22,25). The number of nitrogens with zero attached hydrogens (tertiary/aromatic N) is 1. The van der Waals surface area contributed by atoms with Crippen LogP contribution in [-0.4, -0.2) is 23.0 Å². The van der Waals surface area contributed by atoms with Crippen LogP contribution < -0.4 is 10.5 Å². The van der Waals surface area contributed by atoms with Gasteiger partial charge in [0.05, 0.1) is 23.8 Å². The number of aromatic amines is 1. The summed E-state index contributed by atoms with van der Waals surface area (Å²) in [6.07, 6.45) is 1.99. The Morgan fingerprint density at radius 2 is 1.96 bits per heavy atom. The van der Waals surface area contributed by atoms with Crippen LogP contribution in [-0.2, 0) is 4.79 Å². The van der Waals surface area contributed by atoms with E-state index < -0.39 is 0 Å². The number of fused-ring (bicyclic) bond motifs is 3. The molecule has 0 spiro atoms. The number of hydrogen-bond donors (Lipinski definition) is 2. The van der Waals surface area contributed by atoms with Gasteiger partial charge >= 0.3 is 0 Å². The minimum atomic E-state index is -0.351. The molecule has 0 saturated heterocycles. The van der Waals surface area contributed by atoms with E-state index in [2.05, 4.69) is 9.97 Å². The molecule has 2 heterocycles. The number of carbonyl (C=O) groups excluding carboxylic acids is 1. The Morgan fingerprint density at radius 1 is 1.15 bits per heavy atom. The van der Waals surface area contributed by atoms with Gasteiger partial charge in [-0.05, 0) is 23.8 Å². The van der Waals surface area contributed by atoms with Crippen molar-refractivity contribution in [2.24, 2.45) is 5.73 Å². The van der Waals surface area contributed by atoms with Gasteiger partial charge in [0.1, 0.15) is 5.75 Å². The molecule has 5 heteroatoms. The molecule has 1 unspecified atom stereocenters. The highest BCUT2D eigenvalue weighted by molar-refractivity contribution is 6.08. The lowest BCUT2D eigenvalue weighted by Crippen LogP contribution is -2.17. The number of methoxy groups -OCH3 is 1. The van der Waals surface area contributed by atoms with Crippen molar-refractivity contribution < 1.29 is 9.53 Å². The lowest BCUT2D eigenvalue weighted by Gasteiger charge is -2.16. The van der Waals surface area contributed by atoms with Gasteiger partial charge in [0, 0.05) is 35.4 Å². The van der Waals surface area contributed by atoms with Crippen molar-refractivity contribution in [3.05, 3.63) is 72.1 Å². The molecule has 0 saturated carbocycles. The van der Waals surface area contributed by atoms with Gasteiger partial charge in [-0.2, -0.15) is 0 Å². The third-order valence-electron chi connectivity index (χ3n) is 4.69. The van der Waals surface area contributed by atoms with Crippen molar-refractivity contribution in [3.8, 4) is 5.75 Å². The van der Waals surface area contributed by atoms with Gasteiger partial charge in [-0.3, -0.25) is 9.78 Å². The molecule has 0 aliphatic carbocycles. The number of nitrogens with two attached hydrogens (primary N) is 1. The molecular weight excluding hydrogens is 326 g/mol.